The Balaban J connectivity index is 1.88. The Bertz CT molecular complexity index is 1030. The molecule has 1 amide bonds. The number of hydrogen-bond acceptors (Lipinski definition) is 6. The zero-order valence-electron chi connectivity index (χ0n) is 15.8. The number of carbonyl (C=O) groups excluding carboxylic acids is 1. The fourth-order valence-corrected chi connectivity index (χ4v) is 4.74. The van der Waals surface area contributed by atoms with Crippen LogP contribution >= 0.6 is 0 Å². The molecule has 0 bridgehead atoms. The van der Waals surface area contributed by atoms with Gasteiger partial charge < -0.3 is 10.1 Å². The molecule has 9 nitrogen and oxygen atoms in total. The maximum atomic E-state index is 12.8. The number of benzene rings is 2. The van der Waals surface area contributed by atoms with E-state index in [1.54, 1.807) is 0 Å². The van der Waals surface area contributed by atoms with Crippen LogP contribution in [0.15, 0.2) is 47.4 Å². The largest absolute Gasteiger partial charge is 0.495 e. The van der Waals surface area contributed by atoms with Crippen LogP contribution in [-0.2, 0) is 10.0 Å². The van der Waals surface area contributed by atoms with Gasteiger partial charge in [-0.25, -0.2) is 8.42 Å². The molecular weight excluding hydrogens is 398 g/mol. The number of amides is 1. The van der Waals surface area contributed by atoms with Crippen LogP contribution < -0.4 is 10.1 Å². The van der Waals surface area contributed by atoms with Crippen LogP contribution in [0.3, 0.4) is 0 Å². The van der Waals surface area contributed by atoms with Gasteiger partial charge in [0.1, 0.15) is 11.3 Å². The van der Waals surface area contributed by atoms with Crippen molar-refractivity contribution in [2.24, 2.45) is 0 Å². The van der Waals surface area contributed by atoms with E-state index in [9.17, 15) is 23.3 Å². The summed E-state index contributed by atoms with van der Waals surface area (Å²) < 4.78 is 32.4. The Morgan fingerprint density at radius 2 is 1.83 bits per heavy atom. The number of piperidine rings is 1. The van der Waals surface area contributed by atoms with E-state index in [-0.39, 0.29) is 27.6 Å². The second-order valence-electron chi connectivity index (χ2n) is 6.56. The zero-order valence-corrected chi connectivity index (χ0v) is 16.6. The minimum atomic E-state index is -3.66. The van der Waals surface area contributed by atoms with Gasteiger partial charge in [-0.15, -0.1) is 0 Å². The lowest BCUT2D eigenvalue weighted by Gasteiger charge is -2.26. The zero-order chi connectivity index (χ0) is 21.0. The van der Waals surface area contributed by atoms with Gasteiger partial charge in [0.15, 0.2) is 0 Å². The normalized spacial score (nSPS) is 14.9. The summed E-state index contributed by atoms with van der Waals surface area (Å²) in [6, 6.07) is 9.72. The summed E-state index contributed by atoms with van der Waals surface area (Å²) in [5, 5.41) is 13.7. The van der Waals surface area contributed by atoms with Gasteiger partial charge in [0.2, 0.25) is 10.0 Å². The van der Waals surface area contributed by atoms with E-state index >= 15 is 0 Å². The molecule has 0 atom stereocenters. The van der Waals surface area contributed by atoms with Gasteiger partial charge in [-0.2, -0.15) is 4.31 Å². The molecule has 1 fully saturated rings. The van der Waals surface area contributed by atoms with E-state index in [4.69, 9.17) is 4.74 Å². The second kappa shape index (κ2) is 8.58. The van der Waals surface area contributed by atoms with Crippen LogP contribution in [0.2, 0.25) is 0 Å². The van der Waals surface area contributed by atoms with Crippen molar-refractivity contribution in [1.29, 1.82) is 0 Å². The summed E-state index contributed by atoms with van der Waals surface area (Å²) in [5.74, 6) is -0.544. The van der Waals surface area contributed by atoms with E-state index in [0.29, 0.717) is 13.1 Å². The van der Waals surface area contributed by atoms with Crippen molar-refractivity contribution in [3.05, 3.63) is 58.1 Å². The Kier molecular flexibility index (Phi) is 6.14. The van der Waals surface area contributed by atoms with Crippen LogP contribution in [0.25, 0.3) is 0 Å². The summed E-state index contributed by atoms with van der Waals surface area (Å²) in [6.45, 7) is 0.946. The van der Waals surface area contributed by atoms with Crippen LogP contribution in [0.4, 0.5) is 11.4 Å². The highest BCUT2D eigenvalue weighted by atomic mass is 32.2. The first-order chi connectivity index (χ1) is 13.8. The van der Waals surface area contributed by atoms with Crippen LogP contribution in [-0.4, -0.2) is 43.8 Å². The number of sulfonamides is 1. The lowest BCUT2D eigenvalue weighted by Crippen LogP contribution is -2.35. The monoisotopic (exact) mass is 419 g/mol. The van der Waals surface area contributed by atoms with Gasteiger partial charge in [0, 0.05) is 25.2 Å². The standard InChI is InChI=1S/C19H21N3O6S/c1-28-18-13-14(29(26,27)21-11-5-2-6-12-21)9-10-16(18)20-19(23)15-7-3-4-8-17(15)22(24)25/h3-4,7-10,13H,2,5-6,11-12H2,1H3,(H,20,23). The van der Waals surface area contributed by atoms with Crippen LogP contribution in [0.1, 0.15) is 29.6 Å². The topological polar surface area (TPSA) is 119 Å². The number of rotatable bonds is 6. The van der Waals surface area contributed by atoms with E-state index < -0.39 is 20.9 Å². The summed E-state index contributed by atoms with van der Waals surface area (Å²) >= 11 is 0. The van der Waals surface area contributed by atoms with E-state index in [1.165, 1.54) is 53.9 Å². The van der Waals surface area contributed by atoms with Crippen molar-refractivity contribution in [3.8, 4) is 5.75 Å². The minimum absolute atomic E-state index is 0.0694. The maximum absolute atomic E-state index is 12.8. The molecule has 1 N–H and O–H groups in total. The average molecular weight is 419 g/mol. The number of carbonyl (C=O) groups is 1. The number of nitro groups is 1. The molecule has 0 unspecified atom stereocenters. The van der Waals surface area contributed by atoms with E-state index in [2.05, 4.69) is 5.32 Å². The molecule has 0 spiro atoms. The average Bonchev–Trinajstić information content (AvgIpc) is 2.74. The van der Waals surface area contributed by atoms with Crippen molar-refractivity contribution in [2.75, 3.05) is 25.5 Å². The van der Waals surface area contributed by atoms with E-state index in [1.807, 2.05) is 0 Å². The van der Waals surface area contributed by atoms with Gasteiger partial charge in [-0.1, -0.05) is 18.6 Å². The van der Waals surface area contributed by atoms with Crippen LogP contribution in [0, 0.1) is 10.1 Å². The number of para-hydroxylation sites is 1. The molecule has 2 aromatic rings. The SMILES string of the molecule is COc1cc(S(=O)(=O)N2CCCCC2)ccc1NC(=O)c1ccccc1[N+](=O)[O-]. The fourth-order valence-electron chi connectivity index (χ4n) is 3.20. The number of methoxy groups -OCH3 is 1. The molecule has 1 heterocycles. The Morgan fingerprint density at radius 1 is 1.14 bits per heavy atom. The molecule has 154 valence electrons. The lowest BCUT2D eigenvalue weighted by atomic mass is 10.1. The summed E-state index contributed by atoms with van der Waals surface area (Å²) in [7, 11) is -2.30. The smallest absolute Gasteiger partial charge is 0.282 e. The molecular formula is C19H21N3O6S. The highest BCUT2D eigenvalue weighted by molar-refractivity contribution is 7.89. The summed E-state index contributed by atoms with van der Waals surface area (Å²) in [6.07, 6.45) is 2.65. The van der Waals surface area contributed by atoms with Gasteiger partial charge in [0.25, 0.3) is 11.6 Å². The lowest BCUT2D eigenvalue weighted by molar-refractivity contribution is -0.385. The first-order valence-electron chi connectivity index (χ1n) is 9.07. The highest BCUT2D eigenvalue weighted by Crippen LogP contribution is 2.31. The minimum Gasteiger partial charge on any atom is -0.495 e. The molecule has 2 aromatic carbocycles. The third kappa shape index (κ3) is 4.38. The van der Waals surface area contributed by atoms with E-state index in [0.717, 1.165) is 19.3 Å². The number of ether oxygens (including phenoxy) is 1. The van der Waals surface area contributed by atoms with Crippen molar-refractivity contribution in [2.45, 2.75) is 24.2 Å². The quantitative estimate of drug-likeness (QED) is 0.568. The predicted molar refractivity (Wildman–Crippen MR) is 107 cm³/mol. The number of hydrogen-bond donors (Lipinski definition) is 1. The third-order valence-electron chi connectivity index (χ3n) is 4.72. The van der Waals surface area contributed by atoms with Gasteiger partial charge >= 0.3 is 0 Å². The van der Waals surface area contributed by atoms with Crippen molar-refractivity contribution in [3.63, 3.8) is 0 Å². The highest BCUT2D eigenvalue weighted by Gasteiger charge is 2.27. The molecule has 29 heavy (non-hydrogen) atoms. The summed E-state index contributed by atoms with van der Waals surface area (Å²) in [5.41, 5.74) is -0.217. The maximum Gasteiger partial charge on any atom is 0.282 e. The molecule has 1 saturated heterocycles. The molecule has 0 aromatic heterocycles. The second-order valence-corrected chi connectivity index (χ2v) is 8.49. The molecule has 3 rings (SSSR count). The number of nitro benzene ring substituents is 1. The Morgan fingerprint density at radius 3 is 2.48 bits per heavy atom. The molecule has 10 heteroatoms. The number of nitrogens with zero attached hydrogens (tertiary/aromatic N) is 2. The molecule has 0 radical (unpaired) electrons. The van der Waals surface area contributed by atoms with Crippen molar-refractivity contribution < 1.29 is 22.9 Å². The third-order valence-corrected chi connectivity index (χ3v) is 6.61. The number of anilines is 1. The number of nitrogens with one attached hydrogen (secondary N) is 1. The Hall–Kier alpha value is -2.98. The molecule has 0 saturated carbocycles. The van der Waals surface area contributed by atoms with Crippen molar-refractivity contribution >= 4 is 27.3 Å². The van der Waals surface area contributed by atoms with Crippen LogP contribution in [0.5, 0.6) is 5.75 Å². The van der Waals surface area contributed by atoms with Gasteiger partial charge in [-0.3, -0.25) is 14.9 Å². The van der Waals surface area contributed by atoms with Gasteiger partial charge in [-0.05, 0) is 31.0 Å². The first kappa shape index (κ1) is 20.7. The molecule has 1 aliphatic rings. The molecule has 0 aliphatic carbocycles. The molecule has 1 aliphatic heterocycles. The Labute approximate surface area is 168 Å². The van der Waals surface area contributed by atoms with Gasteiger partial charge in [0.05, 0.1) is 22.6 Å². The first-order valence-corrected chi connectivity index (χ1v) is 10.5. The summed E-state index contributed by atoms with van der Waals surface area (Å²) in [4.78, 5) is 23.1. The predicted octanol–water partition coefficient (Wildman–Crippen LogP) is 3.03. The fraction of sp³-hybridized carbons (Fsp3) is 0.316. The van der Waals surface area contributed by atoms with Crippen molar-refractivity contribution in [1.82, 2.24) is 4.31 Å².